The Bertz CT molecular complexity index is 664. The molecule has 3 nitrogen and oxygen atoms in total. The molecule has 0 aromatic heterocycles. The average molecular weight is 324 g/mol. The normalized spacial score (nSPS) is 11.3. The molecule has 0 heterocycles. The standard InChI is InChI=1S/C17H15F3O3/c18-17(19,20)14-7-4-12(5-8-14)2-1-3-13-6-9-15(22)16(10-13)23-11-21/h4-11,22H,1-3H2. The molecule has 2 rings (SSSR count). The highest BCUT2D eigenvalue weighted by atomic mass is 19.4. The Labute approximate surface area is 131 Å². The van der Waals surface area contributed by atoms with E-state index in [1.54, 1.807) is 12.1 Å². The Morgan fingerprint density at radius 1 is 1.00 bits per heavy atom. The first kappa shape index (κ1) is 16.9. The molecule has 6 heteroatoms. The Hall–Kier alpha value is -2.50. The van der Waals surface area contributed by atoms with Crippen LogP contribution in [0.4, 0.5) is 13.2 Å². The van der Waals surface area contributed by atoms with Crippen molar-refractivity contribution >= 4 is 6.47 Å². The molecule has 0 spiro atoms. The van der Waals surface area contributed by atoms with Gasteiger partial charge in [-0.3, -0.25) is 4.79 Å². The number of aromatic hydroxyl groups is 1. The van der Waals surface area contributed by atoms with Gasteiger partial charge in [-0.05, 0) is 54.7 Å². The lowest BCUT2D eigenvalue weighted by atomic mass is 10.0. The molecular weight excluding hydrogens is 309 g/mol. The number of halogens is 3. The summed E-state index contributed by atoms with van der Waals surface area (Å²) < 4.78 is 42.1. The van der Waals surface area contributed by atoms with Crippen molar-refractivity contribution in [1.29, 1.82) is 0 Å². The number of carbonyl (C=O) groups excluding carboxylic acids is 1. The van der Waals surface area contributed by atoms with Gasteiger partial charge in [0, 0.05) is 0 Å². The summed E-state index contributed by atoms with van der Waals surface area (Å²) in [6.45, 7) is 0.237. The first-order valence-corrected chi connectivity index (χ1v) is 6.98. The van der Waals surface area contributed by atoms with Gasteiger partial charge in [-0.15, -0.1) is 0 Å². The van der Waals surface area contributed by atoms with Crippen LogP contribution < -0.4 is 4.74 Å². The van der Waals surface area contributed by atoms with Gasteiger partial charge in [0.15, 0.2) is 11.5 Å². The number of hydrogen-bond acceptors (Lipinski definition) is 3. The average Bonchev–Trinajstić information content (AvgIpc) is 2.50. The Morgan fingerprint density at radius 3 is 2.22 bits per heavy atom. The van der Waals surface area contributed by atoms with Crippen molar-refractivity contribution in [3.05, 3.63) is 59.2 Å². The van der Waals surface area contributed by atoms with Crippen LogP contribution in [0.5, 0.6) is 11.5 Å². The van der Waals surface area contributed by atoms with Crippen molar-refractivity contribution in [2.75, 3.05) is 0 Å². The van der Waals surface area contributed by atoms with Crippen LogP contribution >= 0.6 is 0 Å². The summed E-state index contributed by atoms with van der Waals surface area (Å²) in [6, 6.07) is 9.81. The van der Waals surface area contributed by atoms with Crippen LogP contribution in [-0.4, -0.2) is 11.6 Å². The van der Waals surface area contributed by atoms with E-state index in [1.165, 1.54) is 18.2 Å². The molecule has 0 unspecified atom stereocenters. The van der Waals surface area contributed by atoms with Crippen LogP contribution in [0.25, 0.3) is 0 Å². The van der Waals surface area contributed by atoms with E-state index in [0.29, 0.717) is 12.8 Å². The van der Waals surface area contributed by atoms with E-state index in [2.05, 4.69) is 4.74 Å². The van der Waals surface area contributed by atoms with Gasteiger partial charge in [-0.25, -0.2) is 0 Å². The number of alkyl halides is 3. The molecule has 0 saturated heterocycles. The predicted molar refractivity (Wildman–Crippen MR) is 78.3 cm³/mol. The lowest BCUT2D eigenvalue weighted by Gasteiger charge is -2.08. The van der Waals surface area contributed by atoms with Crippen LogP contribution in [0.3, 0.4) is 0 Å². The number of phenols is 1. The van der Waals surface area contributed by atoms with E-state index in [0.717, 1.165) is 29.7 Å². The summed E-state index contributed by atoms with van der Waals surface area (Å²) in [5, 5.41) is 9.49. The molecular formula is C17H15F3O3. The number of aryl methyl sites for hydroxylation is 2. The van der Waals surface area contributed by atoms with Crippen molar-refractivity contribution < 1.29 is 27.8 Å². The largest absolute Gasteiger partial charge is 0.504 e. The summed E-state index contributed by atoms with van der Waals surface area (Å²) >= 11 is 0. The number of ether oxygens (including phenoxy) is 1. The van der Waals surface area contributed by atoms with E-state index in [1.807, 2.05) is 0 Å². The lowest BCUT2D eigenvalue weighted by Crippen LogP contribution is -2.04. The maximum absolute atomic E-state index is 12.5. The minimum atomic E-state index is -4.32. The van der Waals surface area contributed by atoms with Gasteiger partial charge in [0.1, 0.15) is 0 Å². The van der Waals surface area contributed by atoms with Crippen molar-refractivity contribution in [1.82, 2.24) is 0 Å². The third-order valence-corrected chi connectivity index (χ3v) is 3.41. The van der Waals surface area contributed by atoms with Crippen LogP contribution in [-0.2, 0) is 23.8 Å². The van der Waals surface area contributed by atoms with Gasteiger partial charge < -0.3 is 9.84 Å². The molecule has 1 N–H and O–H groups in total. The molecule has 0 bridgehead atoms. The zero-order valence-corrected chi connectivity index (χ0v) is 12.1. The minimum absolute atomic E-state index is 0.0898. The highest BCUT2D eigenvalue weighted by molar-refractivity contribution is 5.51. The van der Waals surface area contributed by atoms with Gasteiger partial charge in [0.25, 0.3) is 6.47 Å². The molecule has 0 aliphatic heterocycles. The van der Waals surface area contributed by atoms with Crippen LogP contribution in [0.1, 0.15) is 23.1 Å². The summed E-state index contributed by atoms with van der Waals surface area (Å²) in [4.78, 5) is 10.3. The van der Waals surface area contributed by atoms with Crippen LogP contribution in [0.2, 0.25) is 0 Å². The van der Waals surface area contributed by atoms with Crippen molar-refractivity contribution in [2.24, 2.45) is 0 Å². The first-order valence-electron chi connectivity index (χ1n) is 6.98. The quantitative estimate of drug-likeness (QED) is 0.813. The van der Waals surface area contributed by atoms with E-state index < -0.39 is 11.7 Å². The number of hydrogen-bond donors (Lipinski definition) is 1. The van der Waals surface area contributed by atoms with E-state index >= 15 is 0 Å². The zero-order valence-electron chi connectivity index (χ0n) is 12.1. The molecule has 0 aliphatic rings. The van der Waals surface area contributed by atoms with Crippen molar-refractivity contribution in [3.63, 3.8) is 0 Å². The molecule has 2 aromatic rings. The van der Waals surface area contributed by atoms with Crippen molar-refractivity contribution in [3.8, 4) is 11.5 Å². The minimum Gasteiger partial charge on any atom is -0.504 e. The maximum Gasteiger partial charge on any atom is 0.416 e. The smallest absolute Gasteiger partial charge is 0.416 e. The van der Waals surface area contributed by atoms with Crippen LogP contribution in [0.15, 0.2) is 42.5 Å². The van der Waals surface area contributed by atoms with E-state index in [4.69, 9.17) is 0 Å². The molecule has 0 amide bonds. The third-order valence-electron chi connectivity index (χ3n) is 3.41. The number of benzene rings is 2. The molecule has 0 fully saturated rings. The first-order chi connectivity index (χ1) is 10.9. The van der Waals surface area contributed by atoms with Crippen molar-refractivity contribution in [2.45, 2.75) is 25.4 Å². The molecule has 0 saturated carbocycles. The topological polar surface area (TPSA) is 46.5 Å². The monoisotopic (exact) mass is 324 g/mol. The molecule has 0 atom stereocenters. The van der Waals surface area contributed by atoms with Gasteiger partial charge in [-0.1, -0.05) is 18.2 Å². The summed E-state index contributed by atoms with van der Waals surface area (Å²) in [7, 11) is 0. The molecule has 0 aliphatic carbocycles. The number of carbonyl (C=O) groups is 1. The zero-order chi connectivity index (χ0) is 16.9. The second-order valence-corrected chi connectivity index (χ2v) is 5.06. The fourth-order valence-corrected chi connectivity index (χ4v) is 2.22. The molecule has 23 heavy (non-hydrogen) atoms. The Morgan fingerprint density at radius 2 is 1.61 bits per heavy atom. The Kier molecular flexibility index (Phi) is 5.26. The fraction of sp³-hybridized carbons (Fsp3) is 0.235. The second-order valence-electron chi connectivity index (χ2n) is 5.06. The molecule has 2 aromatic carbocycles. The van der Waals surface area contributed by atoms with Gasteiger partial charge in [0.2, 0.25) is 0 Å². The second kappa shape index (κ2) is 7.17. The van der Waals surface area contributed by atoms with Gasteiger partial charge >= 0.3 is 6.18 Å². The summed E-state index contributed by atoms with van der Waals surface area (Å²) in [6.07, 6.45) is -2.32. The third kappa shape index (κ3) is 4.74. The Balaban J connectivity index is 1.92. The van der Waals surface area contributed by atoms with Gasteiger partial charge in [0.05, 0.1) is 5.56 Å². The number of phenolic OH excluding ortho intramolecular Hbond substituents is 1. The summed E-state index contributed by atoms with van der Waals surface area (Å²) in [5.41, 5.74) is 1.03. The fourth-order valence-electron chi connectivity index (χ4n) is 2.22. The maximum atomic E-state index is 12.5. The van der Waals surface area contributed by atoms with Crippen LogP contribution in [0, 0.1) is 0 Å². The number of rotatable bonds is 6. The molecule has 0 radical (unpaired) electrons. The SMILES string of the molecule is O=COc1cc(CCCc2ccc(C(F)(F)F)cc2)ccc1O. The highest BCUT2D eigenvalue weighted by Gasteiger charge is 2.29. The predicted octanol–water partition coefficient (Wildman–Crippen LogP) is 4.12. The van der Waals surface area contributed by atoms with E-state index in [-0.39, 0.29) is 18.0 Å². The lowest BCUT2D eigenvalue weighted by molar-refractivity contribution is -0.137. The van der Waals surface area contributed by atoms with Gasteiger partial charge in [-0.2, -0.15) is 13.2 Å². The van der Waals surface area contributed by atoms with E-state index in [9.17, 15) is 23.1 Å². The highest BCUT2D eigenvalue weighted by Crippen LogP contribution is 2.29. The summed E-state index contributed by atoms with van der Waals surface area (Å²) in [5.74, 6) is -0.0318. The molecule has 122 valence electrons.